The standard InChI is InChI=1S/C21H21F3N2O4S/c22-21(23,24)20(28)26(14-7-8-15-16(12-14)30-10-9-29-15)18(17-6-3-11-31-17)19(27)25-13-4-1-2-5-13/h3,6-8,11-13,18H,1-2,4-5,9-10H2,(H,25,27)/t18-/m1/s1. The fourth-order valence-electron chi connectivity index (χ4n) is 3.87. The molecule has 2 aromatic rings. The lowest BCUT2D eigenvalue weighted by Gasteiger charge is -2.32. The Morgan fingerprint density at radius 1 is 1.10 bits per heavy atom. The highest BCUT2D eigenvalue weighted by Crippen LogP contribution is 2.39. The second-order valence-corrected chi connectivity index (χ2v) is 8.39. The van der Waals surface area contributed by atoms with Gasteiger partial charge in [-0.25, -0.2) is 0 Å². The fourth-order valence-corrected chi connectivity index (χ4v) is 4.69. The summed E-state index contributed by atoms with van der Waals surface area (Å²) in [4.78, 5) is 26.6. The lowest BCUT2D eigenvalue weighted by atomic mass is 10.1. The molecule has 1 aromatic carbocycles. The van der Waals surface area contributed by atoms with Crippen LogP contribution in [0.3, 0.4) is 0 Å². The Balaban J connectivity index is 1.77. The average molecular weight is 454 g/mol. The Labute approximate surface area is 180 Å². The largest absolute Gasteiger partial charge is 0.486 e. The van der Waals surface area contributed by atoms with Crippen LogP contribution >= 0.6 is 11.3 Å². The van der Waals surface area contributed by atoms with Crippen LogP contribution in [-0.4, -0.2) is 37.2 Å². The molecule has 0 saturated heterocycles. The third-order valence-electron chi connectivity index (χ3n) is 5.29. The van der Waals surface area contributed by atoms with Crippen LogP contribution in [0.1, 0.15) is 36.6 Å². The van der Waals surface area contributed by atoms with Crippen molar-refractivity contribution in [2.45, 2.75) is 43.9 Å². The summed E-state index contributed by atoms with van der Waals surface area (Å²) in [7, 11) is 0. The number of halogens is 3. The zero-order valence-corrected chi connectivity index (χ0v) is 17.3. The van der Waals surface area contributed by atoms with Crippen molar-refractivity contribution in [3.8, 4) is 11.5 Å². The van der Waals surface area contributed by atoms with E-state index in [-0.39, 0.29) is 24.1 Å². The molecule has 0 unspecified atom stereocenters. The molecular weight excluding hydrogens is 433 g/mol. The van der Waals surface area contributed by atoms with E-state index in [0.717, 1.165) is 37.0 Å². The molecule has 1 saturated carbocycles. The van der Waals surface area contributed by atoms with Gasteiger partial charge in [-0.1, -0.05) is 18.9 Å². The van der Waals surface area contributed by atoms with Gasteiger partial charge in [-0.3, -0.25) is 14.5 Å². The van der Waals surface area contributed by atoms with Gasteiger partial charge in [0.25, 0.3) is 0 Å². The first-order valence-corrected chi connectivity index (χ1v) is 10.9. The fraction of sp³-hybridized carbons (Fsp3) is 0.429. The van der Waals surface area contributed by atoms with Crippen LogP contribution in [0, 0.1) is 0 Å². The summed E-state index contributed by atoms with van der Waals surface area (Å²) >= 11 is 1.12. The number of thiophene rings is 1. The molecule has 1 N–H and O–H groups in total. The minimum atomic E-state index is -5.17. The summed E-state index contributed by atoms with van der Waals surface area (Å²) in [6.07, 6.45) is -1.75. The van der Waals surface area contributed by atoms with Gasteiger partial charge in [-0.2, -0.15) is 13.2 Å². The second kappa shape index (κ2) is 8.78. The topological polar surface area (TPSA) is 67.9 Å². The van der Waals surface area contributed by atoms with Crippen molar-refractivity contribution in [3.63, 3.8) is 0 Å². The molecule has 2 amide bonds. The normalized spacial score (nSPS) is 17.3. The molecule has 2 aliphatic rings. The van der Waals surface area contributed by atoms with Gasteiger partial charge in [0, 0.05) is 22.7 Å². The molecule has 0 bridgehead atoms. The third-order valence-corrected chi connectivity index (χ3v) is 6.21. The number of nitrogens with one attached hydrogen (secondary N) is 1. The van der Waals surface area contributed by atoms with Gasteiger partial charge >= 0.3 is 12.1 Å². The number of fused-ring (bicyclic) bond motifs is 1. The highest BCUT2D eigenvalue weighted by atomic mass is 32.1. The van der Waals surface area contributed by atoms with Crippen LogP contribution < -0.4 is 19.7 Å². The van der Waals surface area contributed by atoms with E-state index < -0.39 is 24.0 Å². The molecule has 1 aliphatic heterocycles. The number of hydrogen-bond acceptors (Lipinski definition) is 5. The van der Waals surface area contributed by atoms with Gasteiger partial charge in [-0.15, -0.1) is 11.3 Å². The Kier molecular flexibility index (Phi) is 6.08. The Morgan fingerprint density at radius 3 is 2.45 bits per heavy atom. The van der Waals surface area contributed by atoms with Crippen molar-refractivity contribution in [2.75, 3.05) is 18.1 Å². The lowest BCUT2D eigenvalue weighted by Crippen LogP contribution is -2.50. The number of benzene rings is 1. The van der Waals surface area contributed by atoms with Gasteiger partial charge < -0.3 is 14.8 Å². The molecule has 2 heterocycles. The van der Waals surface area contributed by atoms with Gasteiger partial charge in [0.1, 0.15) is 13.2 Å². The molecule has 1 aliphatic carbocycles. The smallest absolute Gasteiger partial charge is 0.471 e. The highest BCUT2D eigenvalue weighted by molar-refractivity contribution is 7.10. The maximum Gasteiger partial charge on any atom is 0.471 e. The van der Waals surface area contributed by atoms with Gasteiger partial charge in [0.05, 0.1) is 0 Å². The van der Waals surface area contributed by atoms with E-state index in [1.807, 2.05) is 0 Å². The van der Waals surface area contributed by atoms with Gasteiger partial charge in [-0.05, 0) is 36.4 Å². The van der Waals surface area contributed by atoms with Gasteiger partial charge in [0.2, 0.25) is 5.91 Å². The van der Waals surface area contributed by atoms with Crippen LogP contribution in [0.15, 0.2) is 35.7 Å². The summed E-state index contributed by atoms with van der Waals surface area (Å²) in [6.45, 7) is 0.555. The second-order valence-electron chi connectivity index (χ2n) is 7.41. The van der Waals surface area contributed by atoms with E-state index in [4.69, 9.17) is 9.47 Å². The molecular formula is C21H21F3N2O4S. The lowest BCUT2D eigenvalue weighted by molar-refractivity contribution is -0.171. The minimum Gasteiger partial charge on any atom is -0.486 e. The molecule has 10 heteroatoms. The summed E-state index contributed by atoms with van der Waals surface area (Å²) < 4.78 is 51.8. The Hall–Kier alpha value is -2.75. The summed E-state index contributed by atoms with van der Waals surface area (Å²) in [5.41, 5.74) is -0.0912. The number of alkyl halides is 3. The van der Waals surface area contributed by atoms with E-state index in [1.54, 1.807) is 17.5 Å². The van der Waals surface area contributed by atoms with Crippen molar-refractivity contribution in [3.05, 3.63) is 40.6 Å². The minimum absolute atomic E-state index is 0.0912. The average Bonchev–Trinajstić information content (AvgIpc) is 3.44. The number of rotatable bonds is 5. The third kappa shape index (κ3) is 4.63. The first-order chi connectivity index (χ1) is 14.8. The molecule has 6 nitrogen and oxygen atoms in total. The van der Waals surface area contributed by atoms with Gasteiger partial charge in [0.15, 0.2) is 17.5 Å². The predicted octanol–water partition coefficient (Wildman–Crippen LogP) is 4.21. The monoisotopic (exact) mass is 454 g/mol. The molecule has 31 heavy (non-hydrogen) atoms. The molecule has 4 rings (SSSR count). The van der Waals surface area contributed by atoms with Crippen LogP contribution in [0.5, 0.6) is 11.5 Å². The number of carbonyl (C=O) groups is 2. The van der Waals surface area contributed by atoms with Crippen LogP contribution in [0.2, 0.25) is 0 Å². The summed E-state index contributed by atoms with van der Waals surface area (Å²) in [5, 5.41) is 4.49. The molecule has 0 spiro atoms. The zero-order chi connectivity index (χ0) is 22.0. The maximum atomic E-state index is 13.6. The van der Waals surface area contributed by atoms with Crippen LogP contribution in [-0.2, 0) is 9.59 Å². The van der Waals surface area contributed by atoms with E-state index in [1.165, 1.54) is 18.2 Å². The van der Waals surface area contributed by atoms with Crippen molar-refractivity contribution < 1.29 is 32.2 Å². The molecule has 1 aromatic heterocycles. The number of carbonyl (C=O) groups excluding carboxylic acids is 2. The first-order valence-electron chi connectivity index (χ1n) is 9.98. The molecule has 166 valence electrons. The number of ether oxygens (including phenoxy) is 2. The van der Waals surface area contributed by atoms with E-state index in [0.29, 0.717) is 22.1 Å². The molecule has 0 radical (unpaired) electrons. The van der Waals surface area contributed by atoms with E-state index in [2.05, 4.69) is 5.32 Å². The SMILES string of the molecule is O=C(NC1CCCC1)[C@@H](c1cccs1)N(C(=O)C(F)(F)F)c1ccc2c(c1)OCCO2. The van der Waals surface area contributed by atoms with E-state index >= 15 is 0 Å². The van der Waals surface area contributed by atoms with Crippen LogP contribution in [0.4, 0.5) is 18.9 Å². The Morgan fingerprint density at radius 2 is 1.81 bits per heavy atom. The summed E-state index contributed by atoms with van der Waals surface area (Å²) in [6, 6.07) is 5.70. The number of anilines is 1. The first kappa shape index (κ1) is 21.5. The number of amides is 2. The van der Waals surface area contributed by atoms with Crippen molar-refractivity contribution in [2.24, 2.45) is 0 Å². The number of nitrogens with zero attached hydrogens (tertiary/aromatic N) is 1. The predicted molar refractivity (Wildman–Crippen MR) is 108 cm³/mol. The number of hydrogen-bond donors (Lipinski definition) is 1. The Bertz CT molecular complexity index is 943. The van der Waals surface area contributed by atoms with Crippen molar-refractivity contribution >= 4 is 28.8 Å². The van der Waals surface area contributed by atoms with Crippen molar-refractivity contribution in [1.82, 2.24) is 5.32 Å². The molecule has 1 fully saturated rings. The van der Waals surface area contributed by atoms with Crippen molar-refractivity contribution in [1.29, 1.82) is 0 Å². The molecule has 1 atom stereocenters. The highest BCUT2D eigenvalue weighted by Gasteiger charge is 2.48. The summed E-state index contributed by atoms with van der Waals surface area (Å²) in [5.74, 6) is -2.16. The van der Waals surface area contributed by atoms with E-state index in [9.17, 15) is 22.8 Å². The van der Waals surface area contributed by atoms with Crippen LogP contribution in [0.25, 0.3) is 0 Å². The quantitative estimate of drug-likeness (QED) is 0.735. The zero-order valence-electron chi connectivity index (χ0n) is 16.5. The maximum absolute atomic E-state index is 13.6.